The van der Waals surface area contributed by atoms with Gasteiger partial charge < -0.3 is 14.1 Å². The lowest BCUT2D eigenvalue weighted by molar-refractivity contribution is -0.617. The van der Waals surface area contributed by atoms with Crippen molar-refractivity contribution in [2.45, 2.75) is 26.7 Å². The molecule has 2 amide bonds. The fraction of sp³-hybridized carbons (Fsp3) is 0.156. The lowest BCUT2D eigenvalue weighted by Crippen LogP contribution is -2.32. The molecule has 4 aromatic carbocycles. The first kappa shape index (κ1) is 31.2. The number of carbonyl (C=O) groups excluding carboxylic acids is 4. The molecular weight excluding hydrogens is 607 g/mol. The molecular formula is C32H25FN2O9S. The lowest BCUT2D eigenvalue weighted by Gasteiger charge is -2.16. The molecule has 5 aromatic rings. The van der Waals surface area contributed by atoms with Gasteiger partial charge in [-0.2, -0.15) is 4.57 Å². The van der Waals surface area contributed by atoms with Gasteiger partial charge in [-0.1, -0.05) is 36.4 Å². The predicted molar refractivity (Wildman–Crippen MR) is 158 cm³/mol. The van der Waals surface area contributed by atoms with Crippen LogP contribution >= 0.6 is 0 Å². The summed E-state index contributed by atoms with van der Waals surface area (Å²) in [5.74, 6) is -2.15. The van der Waals surface area contributed by atoms with E-state index in [1.807, 2.05) is 61.6 Å². The Kier molecular flexibility index (Phi) is 8.32. The van der Waals surface area contributed by atoms with Crippen LogP contribution in [0.25, 0.3) is 32.6 Å². The Balaban J connectivity index is 0.000000743. The minimum Gasteiger partial charge on any atom is -0.722 e. The zero-order chi connectivity index (χ0) is 32.6. The first-order valence-corrected chi connectivity index (χ1v) is 14.8. The lowest BCUT2D eigenvalue weighted by atomic mass is 9.98. The minimum absolute atomic E-state index is 0.00966. The normalized spacial score (nSPS) is 13.2. The van der Waals surface area contributed by atoms with Gasteiger partial charge in [-0.15, -0.1) is 8.95 Å². The summed E-state index contributed by atoms with van der Waals surface area (Å²) in [7, 11) is -3.44. The maximum Gasteiger partial charge on any atom is 0.363 e. The fourth-order valence-electron chi connectivity index (χ4n) is 5.34. The number of rotatable bonds is 4. The van der Waals surface area contributed by atoms with Gasteiger partial charge in [0.25, 0.3) is 22.3 Å². The Morgan fingerprint density at radius 2 is 1.36 bits per heavy atom. The van der Waals surface area contributed by atoms with Crippen LogP contribution in [-0.2, 0) is 32.0 Å². The van der Waals surface area contributed by atoms with Gasteiger partial charge in [0, 0.05) is 25.0 Å². The first-order valence-electron chi connectivity index (χ1n) is 13.5. The SMILES string of the molecule is Cc1cc(C(=O)ON2C(=O)CCC2=O)cc(C)c1OC(=O)c1c2ccccc2[n+](C)c2cc3ccccc3cc12.O=S(=O)([O-])F. The summed E-state index contributed by atoms with van der Waals surface area (Å²) in [5, 5.41) is 4.10. The molecule has 11 nitrogen and oxygen atoms in total. The van der Waals surface area contributed by atoms with Gasteiger partial charge in [0.2, 0.25) is 11.0 Å². The van der Waals surface area contributed by atoms with Gasteiger partial charge in [-0.25, -0.2) is 18.0 Å². The Hall–Kier alpha value is -5.27. The summed E-state index contributed by atoms with van der Waals surface area (Å²) in [6.45, 7) is 3.43. The van der Waals surface area contributed by atoms with Crippen molar-refractivity contribution in [2.75, 3.05) is 0 Å². The highest BCUT2D eigenvalue weighted by Crippen LogP contribution is 2.32. The number of hydrogen-bond donors (Lipinski definition) is 0. The maximum atomic E-state index is 13.9. The molecule has 2 heterocycles. The quantitative estimate of drug-likeness (QED) is 0.0533. The molecule has 0 unspecified atom stereocenters. The smallest absolute Gasteiger partial charge is 0.363 e. The second kappa shape index (κ2) is 12.0. The molecule has 45 heavy (non-hydrogen) atoms. The van der Waals surface area contributed by atoms with Crippen molar-refractivity contribution in [3.63, 3.8) is 0 Å². The number of hydroxylamine groups is 2. The van der Waals surface area contributed by atoms with Crippen LogP contribution in [0.15, 0.2) is 72.8 Å². The van der Waals surface area contributed by atoms with Gasteiger partial charge in [-0.05, 0) is 60.0 Å². The van der Waals surface area contributed by atoms with E-state index < -0.39 is 34.3 Å². The number of nitrogens with zero attached hydrogens (tertiary/aromatic N) is 2. The molecule has 0 atom stereocenters. The number of esters is 1. The van der Waals surface area contributed by atoms with Crippen LogP contribution in [0.1, 0.15) is 44.7 Å². The van der Waals surface area contributed by atoms with Crippen LogP contribution in [0.4, 0.5) is 3.89 Å². The van der Waals surface area contributed by atoms with Crippen molar-refractivity contribution in [2.24, 2.45) is 7.05 Å². The molecule has 230 valence electrons. The van der Waals surface area contributed by atoms with E-state index in [2.05, 4.69) is 10.6 Å². The van der Waals surface area contributed by atoms with E-state index in [0.29, 0.717) is 27.5 Å². The zero-order valence-corrected chi connectivity index (χ0v) is 25.0. The highest BCUT2D eigenvalue weighted by atomic mass is 32.3. The van der Waals surface area contributed by atoms with Gasteiger partial charge >= 0.3 is 11.9 Å². The molecule has 6 rings (SSSR count). The van der Waals surface area contributed by atoms with E-state index in [4.69, 9.17) is 22.5 Å². The summed E-state index contributed by atoms with van der Waals surface area (Å²) < 4.78 is 43.4. The summed E-state index contributed by atoms with van der Waals surface area (Å²) in [6, 6.07) is 22.8. The Morgan fingerprint density at radius 3 is 1.96 bits per heavy atom. The molecule has 0 saturated carbocycles. The summed E-state index contributed by atoms with van der Waals surface area (Å²) in [4.78, 5) is 55.4. The third-order valence-electron chi connectivity index (χ3n) is 7.30. The van der Waals surface area contributed by atoms with E-state index in [-0.39, 0.29) is 18.4 Å². The van der Waals surface area contributed by atoms with Crippen molar-refractivity contribution < 1.29 is 50.2 Å². The second-order valence-electron chi connectivity index (χ2n) is 10.4. The standard InChI is InChI=1S/C32H25N2O6.FHO3S/c1-18-14-22(31(37)40-34-27(35)12-13-28(34)36)15-19(2)30(18)39-32(38)29-23-10-6-7-11-25(23)33(3)26-17-21-9-5-4-8-20(21)16-24(26)29;1-5(2,3)4/h4-11,14-17H,12-13H2,1-3H3;(H,2,3,4)/q+1;/p-1. The van der Waals surface area contributed by atoms with Crippen LogP contribution in [0, 0.1) is 13.8 Å². The number of benzene rings is 4. The molecule has 1 aliphatic rings. The van der Waals surface area contributed by atoms with E-state index in [1.165, 1.54) is 12.1 Å². The van der Waals surface area contributed by atoms with Crippen molar-refractivity contribution in [1.29, 1.82) is 0 Å². The van der Waals surface area contributed by atoms with Crippen molar-refractivity contribution in [3.05, 3.63) is 95.1 Å². The average molecular weight is 633 g/mol. The molecule has 0 spiro atoms. The number of aromatic nitrogens is 1. The number of ether oxygens (including phenoxy) is 1. The molecule has 1 fully saturated rings. The number of carbonyl (C=O) groups is 4. The largest absolute Gasteiger partial charge is 0.722 e. The molecule has 0 aliphatic carbocycles. The van der Waals surface area contributed by atoms with Crippen LogP contribution < -0.4 is 9.30 Å². The second-order valence-corrected chi connectivity index (χ2v) is 11.1. The van der Waals surface area contributed by atoms with E-state index in [1.54, 1.807) is 13.8 Å². The number of para-hydroxylation sites is 1. The number of halogens is 1. The van der Waals surface area contributed by atoms with Gasteiger partial charge in [0.05, 0.1) is 21.9 Å². The van der Waals surface area contributed by atoms with Crippen LogP contribution in [0.3, 0.4) is 0 Å². The molecule has 0 radical (unpaired) electrons. The van der Waals surface area contributed by atoms with Crippen LogP contribution in [0.2, 0.25) is 0 Å². The minimum atomic E-state index is -5.42. The number of aryl methyl sites for hydroxylation is 3. The fourth-order valence-corrected chi connectivity index (χ4v) is 5.34. The highest BCUT2D eigenvalue weighted by molar-refractivity contribution is 7.80. The molecule has 1 saturated heterocycles. The van der Waals surface area contributed by atoms with Crippen molar-refractivity contribution in [1.82, 2.24) is 5.06 Å². The average Bonchev–Trinajstić information content (AvgIpc) is 3.29. The zero-order valence-electron chi connectivity index (χ0n) is 24.2. The topological polar surface area (TPSA) is 151 Å². The number of amides is 2. The third kappa shape index (κ3) is 6.49. The summed E-state index contributed by atoms with van der Waals surface area (Å²) in [6.07, 6.45) is 0.0193. The summed E-state index contributed by atoms with van der Waals surface area (Å²) in [5.41, 5.74) is 3.41. The first-order chi connectivity index (χ1) is 21.2. The van der Waals surface area contributed by atoms with Crippen molar-refractivity contribution in [3.8, 4) is 5.75 Å². The van der Waals surface area contributed by atoms with Gasteiger partial charge in [0.15, 0.2) is 0 Å². The van der Waals surface area contributed by atoms with Crippen LogP contribution in [-0.4, -0.2) is 41.8 Å². The molecule has 1 aromatic heterocycles. The molecule has 0 bridgehead atoms. The van der Waals surface area contributed by atoms with Gasteiger partial charge in [0.1, 0.15) is 12.8 Å². The van der Waals surface area contributed by atoms with Crippen LogP contribution in [0.5, 0.6) is 5.75 Å². The summed E-state index contributed by atoms with van der Waals surface area (Å²) >= 11 is 0. The molecule has 13 heteroatoms. The monoisotopic (exact) mass is 632 g/mol. The predicted octanol–water partition coefficient (Wildman–Crippen LogP) is 4.44. The highest BCUT2D eigenvalue weighted by Gasteiger charge is 2.33. The molecule has 1 aliphatic heterocycles. The molecule has 0 N–H and O–H groups in total. The Labute approximate surface area is 256 Å². The number of imide groups is 1. The number of fused-ring (bicyclic) bond motifs is 3. The number of pyridine rings is 1. The van der Waals surface area contributed by atoms with Crippen molar-refractivity contribution >= 4 is 66.8 Å². The maximum absolute atomic E-state index is 13.9. The van der Waals surface area contributed by atoms with Gasteiger partial charge in [-0.3, -0.25) is 9.59 Å². The third-order valence-corrected chi connectivity index (χ3v) is 7.30. The Bertz CT molecular complexity index is 2130. The number of hydrogen-bond acceptors (Lipinski definition) is 9. The van der Waals surface area contributed by atoms with E-state index in [0.717, 1.165) is 32.6 Å². The van der Waals surface area contributed by atoms with E-state index in [9.17, 15) is 23.1 Å². The van der Waals surface area contributed by atoms with E-state index >= 15 is 0 Å². The Morgan fingerprint density at radius 1 is 0.822 bits per heavy atom.